The van der Waals surface area contributed by atoms with Crippen molar-refractivity contribution in [2.75, 3.05) is 13.1 Å². The van der Waals surface area contributed by atoms with Crippen LogP contribution in [-0.4, -0.2) is 41.4 Å². The average Bonchev–Trinajstić information content (AvgIpc) is 3.31. The van der Waals surface area contributed by atoms with Crippen LogP contribution in [0.2, 0.25) is 0 Å². The summed E-state index contributed by atoms with van der Waals surface area (Å²) in [7, 11) is 0. The second-order valence-electron chi connectivity index (χ2n) is 10.9. The number of carbonyl (C=O) groups is 1. The third kappa shape index (κ3) is 2.72. The first-order valence-electron chi connectivity index (χ1n) is 11.6. The lowest BCUT2D eigenvalue weighted by Gasteiger charge is -2.63. The third-order valence-electron chi connectivity index (χ3n) is 9.72. The molecule has 1 heterocycles. The Morgan fingerprint density at radius 2 is 2.00 bits per heavy atom. The molecule has 7 atom stereocenters. The molecule has 29 heavy (non-hydrogen) atoms. The predicted molar refractivity (Wildman–Crippen MR) is 113 cm³/mol. The van der Waals surface area contributed by atoms with Gasteiger partial charge in [-0.2, -0.15) is 0 Å². The van der Waals surface area contributed by atoms with Crippen molar-refractivity contribution in [3.8, 4) is 0 Å². The molecule has 4 aliphatic carbocycles. The van der Waals surface area contributed by atoms with Crippen molar-refractivity contribution < 1.29 is 14.7 Å². The van der Waals surface area contributed by atoms with Crippen LogP contribution < -0.4 is 5.32 Å². The Bertz CT molecular complexity index is 757. The number of hydrogen-bond donors (Lipinski definition) is 2. The van der Waals surface area contributed by atoms with Crippen molar-refractivity contribution in [2.45, 2.75) is 83.3 Å². The number of oxime groups is 1. The van der Waals surface area contributed by atoms with E-state index in [2.05, 4.69) is 30.9 Å². The Balaban J connectivity index is 1.40. The Labute approximate surface area is 174 Å². The molecule has 160 valence electrons. The standard InChI is InChI=1S/C24H36N2O3/c1-15-12-18-19-4-5-21(27)22(19,2)9-7-20(18)23(3)10-6-16(13-24(15,23)28)26-29-17-8-11-25-14-17/h17-20,25,28H,1,4-14H2,2-3H3/t17-,18+,19+,20+,22+,23-,24+/m1/s1. The van der Waals surface area contributed by atoms with E-state index in [-0.39, 0.29) is 16.9 Å². The van der Waals surface area contributed by atoms with Gasteiger partial charge in [0.15, 0.2) is 0 Å². The summed E-state index contributed by atoms with van der Waals surface area (Å²) in [5.74, 6) is 1.87. The Morgan fingerprint density at radius 3 is 2.76 bits per heavy atom. The van der Waals surface area contributed by atoms with Gasteiger partial charge in [-0.3, -0.25) is 4.79 Å². The van der Waals surface area contributed by atoms with Gasteiger partial charge in [0.1, 0.15) is 11.9 Å². The monoisotopic (exact) mass is 400 g/mol. The molecular weight excluding hydrogens is 364 g/mol. The molecule has 2 N–H and O–H groups in total. The molecule has 5 heteroatoms. The molecule has 0 aromatic carbocycles. The SMILES string of the molecule is C=C1C[C@H]2[C@@H]3CCC(=O)[C@@]3(C)CC[C@@H]2[C@@]2(C)CCC(=NO[C@@H]3CCNC3)C[C@]12O. The van der Waals surface area contributed by atoms with E-state index in [0.717, 1.165) is 75.7 Å². The summed E-state index contributed by atoms with van der Waals surface area (Å²) in [6.07, 6.45) is 8.14. The number of rotatable bonds is 2. The van der Waals surface area contributed by atoms with Gasteiger partial charge in [-0.25, -0.2) is 0 Å². The summed E-state index contributed by atoms with van der Waals surface area (Å²) in [5.41, 5.74) is 0.706. The van der Waals surface area contributed by atoms with E-state index in [9.17, 15) is 9.90 Å². The van der Waals surface area contributed by atoms with Crippen LogP contribution in [0.3, 0.4) is 0 Å². The second kappa shape index (κ2) is 6.65. The van der Waals surface area contributed by atoms with Crippen molar-refractivity contribution in [1.29, 1.82) is 0 Å². The van der Waals surface area contributed by atoms with E-state index in [1.54, 1.807) is 0 Å². The Kier molecular flexibility index (Phi) is 4.53. The summed E-state index contributed by atoms with van der Waals surface area (Å²) in [6, 6.07) is 0. The molecule has 0 bridgehead atoms. The van der Waals surface area contributed by atoms with Crippen molar-refractivity contribution in [2.24, 2.45) is 33.7 Å². The van der Waals surface area contributed by atoms with E-state index in [1.807, 2.05) is 0 Å². The van der Waals surface area contributed by atoms with Crippen molar-refractivity contribution in [3.63, 3.8) is 0 Å². The third-order valence-corrected chi connectivity index (χ3v) is 9.72. The van der Waals surface area contributed by atoms with E-state index in [4.69, 9.17) is 4.84 Å². The highest BCUT2D eigenvalue weighted by Gasteiger charge is 2.65. The highest BCUT2D eigenvalue weighted by atomic mass is 16.6. The van der Waals surface area contributed by atoms with Gasteiger partial charge in [-0.05, 0) is 68.4 Å². The van der Waals surface area contributed by atoms with Gasteiger partial charge in [0.05, 0.1) is 11.3 Å². The minimum Gasteiger partial charge on any atom is -0.391 e. The van der Waals surface area contributed by atoms with Crippen molar-refractivity contribution in [1.82, 2.24) is 5.32 Å². The summed E-state index contributed by atoms with van der Waals surface area (Å²) < 4.78 is 0. The maximum atomic E-state index is 12.6. The summed E-state index contributed by atoms with van der Waals surface area (Å²) in [4.78, 5) is 18.4. The molecule has 1 aliphatic heterocycles. The van der Waals surface area contributed by atoms with Crippen molar-refractivity contribution >= 4 is 11.5 Å². The van der Waals surface area contributed by atoms with Gasteiger partial charge in [-0.1, -0.05) is 25.6 Å². The lowest BCUT2D eigenvalue weighted by molar-refractivity contribution is -0.161. The van der Waals surface area contributed by atoms with Crippen LogP contribution in [-0.2, 0) is 9.63 Å². The van der Waals surface area contributed by atoms with Crippen LogP contribution in [0.25, 0.3) is 0 Å². The van der Waals surface area contributed by atoms with Crippen LogP contribution in [0, 0.1) is 28.6 Å². The van der Waals surface area contributed by atoms with E-state index in [0.29, 0.717) is 30.0 Å². The zero-order valence-corrected chi connectivity index (χ0v) is 18.0. The van der Waals surface area contributed by atoms with Crippen LogP contribution in [0.4, 0.5) is 0 Å². The average molecular weight is 401 g/mol. The minimum absolute atomic E-state index is 0.141. The zero-order chi connectivity index (χ0) is 20.4. The molecule has 0 aromatic rings. The number of nitrogens with one attached hydrogen (secondary N) is 1. The van der Waals surface area contributed by atoms with Crippen molar-refractivity contribution in [3.05, 3.63) is 12.2 Å². The Morgan fingerprint density at radius 1 is 1.17 bits per heavy atom. The topological polar surface area (TPSA) is 70.9 Å². The number of fused-ring (bicyclic) bond motifs is 5. The van der Waals surface area contributed by atoms with Gasteiger partial charge in [0.2, 0.25) is 0 Å². The quantitative estimate of drug-likeness (QED) is 0.549. The molecule has 0 spiro atoms. The highest BCUT2D eigenvalue weighted by Crippen LogP contribution is 2.67. The first kappa shape index (κ1) is 19.7. The molecule has 1 saturated heterocycles. The molecule has 5 aliphatic rings. The van der Waals surface area contributed by atoms with Gasteiger partial charge in [-0.15, -0.1) is 0 Å². The summed E-state index contributed by atoms with van der Waals surface area (Å²) >= 11 is 0. The number of ketones is 1. The molecular formula is C24H36N2O3. The lowest BCUT2D eigenvalue weighted by Crippen LogP contribution is -2.63. The molecule has 0 amide bonds. The first-order valence-corrected chi connectivity index (χ1v) is 11.6. The summed E-state index contributed by atoms with van der Waals surface area (Å²) in [5, 5.41) is 19.7. The number of carbonyl (C=O) groups excluding carboxylic acids is 1. The molecule has 0 unspecified atom stereocenters. The second-order valence-corrected chi connectivity index (χ2v) is 10.9. The molecule has 5 fully saturated rings. The van der Waals surface area contributed by atoms with E-state index in [1.165, 1.54) is 0 Å². The first-order chi connectivity index (χ1) is 13.8. The van der Waals surface area contributed by atoms with Crippen LogP contribution in [0.5, 0.6) is 0 Å². The molecule has 5 rings (SSSR count). The van der Waals surface area contributed by atoms with Gasteiger partial charge in [0, 0.05) is 36.6 Å². The fraction of sp³-hybridized carbons (Fsp3) is 0.833. The smallest absolute Gasteiger partial charge is 0.141 e. The summed E-state index contributed by atoms with van der Waals surface area (Å²) in [6.45, 7) is 10.7. The van der Waals surface area contributed by atoms with Crippen LogP contribution in [0.1, 0.15) is 71.6 Å². The van der Waals surface area contributed by atoms with Crippen LogP contribution in [0.15, 0.2) is 17.3 Å². The maximum absolute atomic E-state index is 12.6. The molecule has 0 radical (unpaired) electrons. The zero-order valence-electron chi connectivity index (χ0n) is 18.0. The molecule has 5 nitrogen and oxygen atoms in total. The highest BCUT2D eigenvalue weighted by molar-refractivity contribution is 5.88. The maximum Gasteiger partial charge on any atom is 0.141 e. The molecule has 0 aromatic heterocycles. The van der Waals surface area contributed by atoms with E-state index < -0.39 is 5.60 Å². The molecule has 4 saturated carbocycles. The Hall–Kier alpha value is -1.20. The number of nitrogens with zero attached hydrogens (tertiary/aromatic N) is 1. The number of aliphatic hydroxyl groups is 1. The number of Topliss-reactive ketones (excluding diaryl/α,β-unsaturated/α-hetero) is 1. The van der Waals surface area contributed by atoms with E-state index >= 15 is 0 Å². The number of hydrogen-bond acceptors (Lipinski definition) is 5. The fourth-order valence-corrected chi connectivity index (χ4v) is 7.75. The minimum atomic E-state index is -0.904. The largest absolute Gasteiger partial charge is 0.391 e. The lowest BCUT2D eigenvalue weighted by atomic mass is 9.43. The predicted octanol–water partition coefficient (Wildman–Crippen LogP) is 3.61. The van der Waals surface area contributed by atoms with Gasteiger partial charge < -0.3 is 15.3 Å². The normalized spacial score (nSPS) is 50.9. The van der Waals surface area contributed by atoms with Gasteiger partial charge >= 0.3 is 0 Å². The van der Waals surface area contributed by atoms with Crippen LogP contribution >= 0.6 is 0 Å². The van der Waals surface area contributed by atoms with Gasteiger partial charge in [0.25, 0.3) is 0 Å². The fourth-order valence-electron chi connectivity index (χ4n) is 7.75.